The van der Waals surface area contributed by atoms with E-state index in [0.29, 0.717) is 12.4 Å². The highest BCUT2D eigenvalue weighted by Crippen LogP contribution is 2.27. The Labute approximate surface area is 119 Å². The average molecular weight is 292 g/mol. The van der Waals surface area contributed by atoms with Gasteiger partial charge in [-0.1, -0.05) is 12.1 Å². The van der Waals surface area contributed by atoms with Gasteiger partial charge in [-0.2, -0.15) is 0 Å². The fourth-order valence-electron chi connectivity index (χ4n) is 1.88. The molecule has 21 heavy (non-hydrogen) atoms. The lowest BCUT2D eigenvalue weighted by Crippen LogP contribution is -2.09. The second-order valence-corrected chi connectivity index (χ2v) is 4.05. The molecular formula is C12H12N4O5. The van der Waals surface area contributed by atoms with E-state index in [4.69, 9.17) is 4.74 Å². The smallest absolute Gasteiger partial charge is 0.342 e. The van der Waals surface area contributed by atoms with Crippen LogP contribution < -0.4 is 4.74 Å². The summed E-state index contributed by atoms with van der Waals surface area (Å²) in [5, 5.41) is 21.7. The van der Waals surface area contributed by atoms with Crippen molar-refractivity contribution in [1.29, 1.82) is 0 Å². The predicted octanol–water partition coefficient (Wildman–Crippen LogP) is 2.30. The standard InChI is InChI=1S/C12H12N4O5/c1-2-14-11(13-7-12(14)16(19)20)8-21-10-6-4-3-5-9(10)15(17)18/h3-7H,2,8H2,1H3. The summed E-state index contributed by atoms with van der Waals surface area (Å²) in [6.07, 6.45) is 1.14. The first kappa shape index (κ1) is 14.4. The monoisotopic (exact) mass is 292 g/mol. The SMILES string of the molecule is CCn1c([N+](=O)[O-])cnc1COc1ccccc1[N+](=O)[O-]. The molecule has 9 nitrogen and oxygen atoms in total. The molecule has 0 spiro atoms. The van der Waals surface area contributed by atoms with Crippen LogP contribution in [0.15, 0.2) is 30.5 Å². The van der Waals surface area contributed by atoms with Crippen LogP contribution >= 0.6 is 0 Å². The van der Waals surface area contributed by atoms with Crippen LogP contribution in [0, 0.1) is 20.2 Å². The summed E-state index contributed by atoms with van der Waals surface area (Å²) < 4.78 is 6.76. The molecule has 0 fully saturated rings. The quantitative estimate of drug-likeness (QED) is 0.596. The third-order valence-corrected chi connectivity index (χ3v) is 2.84. The minimum Gasteiger partial charge on any atom is -0.476 e. The summed E-state index contributed by atoms with van der Waals surface area (Å²) in [5.41, 5.74) is -0.165. The molecule has 0 aliphatic carbocycles. The molecule has 0 saturated heterocycles. The number of imidazole rings is 1. The molecule has 0 radical (unpaired) electrons. The number of hydrogen-bond donors (Lipinski definition) is 0. The maximum atomic E-state index is 10.9. The number of para-hydroxylation sites is 2. The van der Waals surface area contributed by atoms with Gasteiger partial charge in [0.1, 0.15) is 6.20 Å². The first-order chi connectivity index (χ1) is 10.0. The van der Waals surface area contributed by atoms with Crippen molar-refractivity contribution in [2.75, 3.05) is 0 Å². The first-order valence-electron chi connectivity index (χ1n) is 6.09. The van der Waals surface area contributed by atoms with Gasteiger partial charge in [-0.3, -0.25) is 10.1 Å². The van der Waals surface area contributed by atoms with Gasteiger partial charge in [0, 0.05) is 6.07 Å². The Morgan fingerprint density at radius 3 is 2.57 bits per heavy atom. The first-order valence-corrected chi connectivity index (χ1v) is 6.09. The Balaban J connectivity index is 2.21. The van der Waals surface area contributed by atoms with Crippen LogP contribution in [0.2, 0.25) is 0 Å². The van der Waals surface area contributed by atoms with Crippen LogP contribution in [0.3, 0.4) is 0 Å². The lowest BCUT2D eigenvalue weighted by atomic mass is 10.3. The molecule has 0 saturated carbocycles. The van der Waals surface area contributed by atoms with Crippen molar-refractivity contribution in [2.45, 2.75) is 20.1 Å². The average Bonchev–Trinajstić information content (AvgIpc) is 2.88. The third-order valence-electron chi connectivity index (χ3n) is 2.84. The number of nitrogens with zero attached hydrogens (tertiary/aromatic N) is 4. The maximum absolute atomic E-state index is 10.9. The zero-order valence-corrected chi connectivity index (χ0v) is 11.1. The van der Waals surface area contributed by atoms with E-state index >= 15 is 0 Å². The number of benzene rings is 1. The summed E-state index contributed by atoms with van der Waals surface area (Å²) in [7, 11) is 0. The van der Waals surface area contributed by atoms with Gasteiger partial charge >= 0.3 is 11.5 Å². The van der Waals surface area contributed by atoms with E-state index in [1.165, 1.54) is 22.8 Å². The van der Waals surface area contributed by atoms with Crippen molar-refractivity contribution < 1.29 is 14.6 Å². The number of aromatic nitrogens is 2. The number of nitro benzene ring substituents is 1. The predicted molar refractivity (Wildman–Crippen MR) is 72.0 cm³/mol. The largest absolute Gasteiger partial charge is 0.476 e. The van der Waals surface area contributed by atoms with Crippen molar-refractivity contribution in [3.8, 4) is 5.75 Å². The molecule has 9 heteroatoms. The van der Waals surface area contributed by atoms with Gasteiger partial charge < -0.3 is 14.9 Å². The van der Waals surface area contributed by atoms with Crippen molar-refractivity contribution in [3.05, 3.63) is 56.5 Å². The van der Waals surface area contributed by atoms with Crippen LogP contribution in [0.5, 0.6) is 5.75 Å². The van der Waals surface area contributed by atoms with Gasteiger partial charge in [0.25, 0.3) is 0 Å². The molecule has 1 aromatic heterocycles. The van der Waals surface area contributed by atoms with Gasteiger partial charge in [0.05, 0.1) is 11.5 Å². The van der Waals surface area contributed by atoms with E-state index in [-0.39, 0.29) is 23.9 Å². The summed E-state index contributed by atoms with van der Waals surface area (Å²) in [4.78, 5) is 24.5. The lowest BCUT2D eigenvalue weighted by Gasteiger charge is -2.05. The normalized spacial score (nSPS) is 10.3. The zero-order valence-electron chi connectivity index (χ0n) is 11.1. The molecule has 0 amide bonds. The minimum absolute atomic E-state index is 0.0907. The summed E-state index contributed by atoms with van der Waals surface area (Å²) in [5.74, 6) is 0.289. The fourth-order valence-corrected chi connectivity index (χ4v) is 1.88. The van der Waals surface area contributed by atoms with Crippen molar-refractivity contribution >= 4 is 11.5 Å². The molecule has 0 atom stereocenters. The van der Waals surface area contributed by atoms with E-state index in [2.05, 4.69) is 4.98 Å². The molecule has 0 bridgehead atoms. The molecular weight excluding hydrogens is 280 g/mol. The molecule has 0 aliphatic heterocycles. The van der Waals surface area contributed by atoms with Crippen LogP contribution in [-0.2, 0) is 13.2 Å². The van der Waals surface area contributed by atoms with Gasteiger partial charge in [-0.25, -0.2) is 9.55 Å². The second-order valence-electron chi connectivity index (χ2n) is 4.05. The molecule has 1 heterocycles. The molecule has 1 aromatic carbocycles. The third kappa shape index (κ3) is 2.96. The van der Waals surface area contributed by atoms with Gasteiger partial charge in [0.2, 0.25) is 5.82 Å². The Morgan fingerprint density at radius 1 is 1.24 bits per heavy atom. The molecule has 2 rings (SSSR count). The zero-order chi connectivity index (χ0) is 15.4. The van der Waals surface area contributed by atoms with Crippen LogP contribution in [-0.4, -0.2) is 19.4 Å². The number of hydrogen-bond acceptors (Lipinski definition) is 6. The van der Waals surface area contributed by atoms with E-state index in [0.717, 1.165) is 6.20 Å². The summed E-state index contributed by atoms with van der Waals surface area (Å²) in [6, 6.07) is 5.93. The van der Waals surface area contributed by atoms with Crippen LogP contribution in [0.1, 0.15) is 12.7 Å². The van der Waals surface area contributed by atoms with Gasteiger partial charge in [0.15, 0.2) is 12.4 Å². The molecule has 110 valence electrons. The molecule has 0 aliphatic rings. The Kier molecular flexibility index (Phi) is 4.12. The summed E-state index contributed by atoms with van der Waals surface area (Å²) in [6.45, 7) is 2.00. The van der Waals surface area contributed by atoms with E-state index < -0.39 is 9.85 Å². The number of ether oxygens (including phenoxy) is 1. The number of nitro groups is 2. The summed E-state index contributed by atoms with van der Waals surface area (Å²) >= 11 is 0. The highest BCUT2D eigenvalue weighted by atomic mass is 16.6. The van der Waals surface area contributed by atoms with Gasteiger partial charge in [-0.15, -0.1) is 0 Å². The fraction of sp³-hybridized carbons (Fsp3) is 0.250. The molecule has 0 N–H and O–H groups in total. The Hall–Kier alpha value is -2.97. The van der Waals surface area contributed by atoms with Crippen molar-refractivity contribution in [1.82, 2.24) is 9.55 Å². The lowest BCUT2D eigenvalue weighted by molar-refractivity contribution is -0.392. The maximum Gasteiger partial charge on any atom is 0.342 e. The van der Waals surface area contributed by atoms with Crippen molar-refractivity contribution in [3.63, 3.8) is 0 Å². The molecule has 0 unspecified atom stereocenters. The topological polar surface area (TPSA) is 113 Å². The highest BCUT2D eigenvalue weighted by Gasteiger charge is 2.20. The molecule has 2 aromatic rings. The van der Waals surface area contributed by atoms with Crippen molar-refractivity contribution in [2.24, 2.45) is 0 Å². The van der Waals surface area contributed by atoms with E-state index in [9.17, 15) is 20.2 Å². The highest BCUT2D eigenvalue weighted by molar-refractivity contribution is 5.45. The second kappa shape index (κ2) is 5.99. The Morgan fingerprint density at radius 2 is 1.95 bits per heavy atom. The van der Waals surface area contributed by atoms with Gasteiger partial charge in [-0.05, 0) is 17.9 Å². The number of rotatable bonds is 6. The van der Waals surface area contributed by atoms with Crippen LogP contribution in [0.4, 0.5) is 11.5 Å². The Bertz CT molecular complexity index is 682. The van der Waals surface area contributed by atoms with Crippen LogP contribution in [0.25, 0.3) is 0 Å². The minimum atomic E-state index is -0.552. The van der Waals surface area contributed by atoms with E-state index in [1.807, 2.05) is 0 Å². The van der Waals surface area contributed by atoms with E-state index in [1.54, 1.807) is 13.0 Å².